The summed E-state index contributed by atoms with van der Waals surface area (Å²) in [7, 11) is 0. The Kier molecular flexibility index (Phi) is 4.45. The minimum absolute atomic E-state index is 0.00792. The summed E-state index contributed by atoms with van der Waals surface area (Å²) >= 11 is 0. The van der Waals surface area contributed by atoms with E-state index in [1.54, 1.807) is 4.90 Å². The quantitative estimate of drug-likeness (QED) is 0.876. The Bertz CT molecular complexity index is 556. The number of carboxylic acids is 1. The van der Waals surface area contributed by atoms with Gasteiger partial charge in [-0.2, -0.15) is 0 Å². The summed E-state index contributed by atoms with van der Waals surface area (Å²) in [6.07, 6.45) is 2.25. The molecule has 0 bridgehead atoms. The van der Waals surface area contributed by atoms with Crippen LogP contribution < -0.4 is 5.32 Å². The molecule has 114 valence electrons. The minimum Gasteiger partial charge on any atom is -0.478 e. The highest BCUT2D eigenvalue weighted by molar-refractivity contribution is 5.92. The van der Waals surface area contributed by atoms with Crippen LogP contribution in [0.2, 0.25) is 0 Å². The van der Waals surface area contributed by atoms with Gasteiger partial charge in [0, 0.05) is 12.6 Å². The number of halogens is 1. The summed E-state index contributed by atoms with van der Waals surface area (Å²) in [5.74, 6) is -1.42. The van der Waals surface area contributed by atoms with Gasteiger partial charge in [-0.1, -0.05) is 0 Å². The second-order valence-corrected chi connectivity index (χ2v) is 5.62. The Balaban J connectivity index is 2.08. The van der Waals surface area contributed by atoms with Crippen LogP contribution in [0.25, 0.3) is 0 Å². The average molecular weight is 294 g/mol. The molecule has 1 aliphatic carbocycles. The number of benzene rings is 1. The van der Waals surface area contributed by atoms with E-state index in [0.717, 1.165) is 18.9 Å². The van der Waals surface area contributed by atoms with Crippen molar-refractivity contribution in [2.45, 2.75) is 32.7 Å². The van der Waals surface area contributed by atoms with Crippen molar-refractivity contribution < 1.29 is 19.1 Å². The Labute approximate surface area is 122 Å². The molecule has 0 saturated heterocycles. The first-order valence-corrected chi connectivity index (χ1v) is 6.99. The SMILES string of the molecule is CC(C)N(CC1CC1)C(=O)Nc1ccc(C(=O)O)cc1F. The zero-order chi connectivity index (χ0) is 15.6. The zero-order valence-corrected chi connectivity index (χ0v) is 12.1. The molecule has 0 atom stereocenters. The van der Waals surface area contributed by atoms with Gasteiger partial charge in [0.05, 0.1) is 11.3 Å². The Morgan fingerprint density at radius 1 is 1.43 bits per heavy atom. The van der Waals surface area contributed by atoms with Crippen molar-refractivity contribution in [1.82, 2.24) is 4.90 Å². The number of aromatic carboxylic acids is 1. The molecule has 2 rings (SSSR count). The van der Waals surface area contributed by atoms with Gasteiger partial charge in [0.2, 0.25) is 0 Å². The van der Waals surface area contributed by atoms with Crippen LogP contribution >= 0.6 is 0 Å². The molecule has 0 radical (unpaired) electrons. The second-order valence-electron chi connectivity index (χ2n) is 5.62. The van der Waals surface area contributed by atoms with Gasteiger partial charge in [0.15, 0.2) is 0 Å². The van der Waals surface area contributed by atoms with Crippen LogP contribution in [0.3, 0.4) is 0 Å². The highest BCUT2D eigenvalue weighted by Gasteiger charge is 2.28. The van der Waals surface area contributed by atoms with Crippen LogP contribution in [0, 0.1) is 11.7 Å². The average Bonchev–Trinajstić information content (AvgIpc) is 3.21. The van der Waals surface area contributed by atoms with Crippen molar-refractivity contribution in [1.29, 1.82) is 0 Å². The third kappa shape index (κ3) is 3.93. The third-order valence-corrected chi connectivity index (χ3v) is 3.49. The van der Waals surface area contributed by atoms with Crippen LogP contribution in [0.1, 0.15) is 37.0 Å². The number of hydrogen-bond donors (Lipinski definition) is 2. The molecule has 1 aromatic rings. The fraction of sp³-hybridized carbons (Fsp3) is 0.467. The van der Waals surface area contributed by atoms with E-state index in [-0.39, 0.29) is 23.3 Å². The first kappa shape index (κ1) is 15.3. The Hall–Kier alpha value is -2.11. The molecule has 1 saturated carbocycles. The van der Waals surface area contributed by atoms with Crippen molar-refractivity contribution in [2.24, 2.45) is 5.92 Å². The molecule has 2 amide bonds. The normalized spacial score (nSPS) is 14.1. The smallest absolute Gasteiger partial charge is 0.335 e. The minimum atomic E-state index is -1.20. The monoisotopic (exact) mass is 294 g/mol. The maximum absolute atomic E-state index is 13.8. The maximum atomic E-state index is 13.8. The van der Waals surface area contributed by atoms with Gasteiger partial charge >= 0.3 is 12.0 Å². The molecule has 0 spiro atoms. The first-order chi connectivity index (χ1) is 9.88. The van der Waals surface area contributed by atoms with Crippen molar-refractivity contribution in [3.8, 4) is 0 Å². The second kappa shape index (κ2) is 6.11. The highest BCUT2D eigenvalue weighted by Crippen LogP contribution is 2.30. The van der Waals surface area contributed by atoms with Crippen LogP contribution in [0.5, 0.6) is 0 Å². The molecule has 0 aliphatic heterocycles. The van der Waals surface area contributed by atoms with Crippen LogP contribution in [-0.2, 0) is 0 Å². The number of carboxylic acid groups (broad SMARTS) is 1. The van der Waals surface area contributed by atoms with E-state index >= 15 is 0 Å². The lowest BCUT2D eigenvalue weighted by atomic mass is 10.2. The van der Waals surface area contributed by atoms with Gasteiger partial charge < -0.3 is 15.3 Å². The standard InChI is InChI=1S/C15H19FN2O3/c1-9(2)18(8-10-3-4-10)15(21)17-13-6-5-11(14(19)20)7-12(13)16/h5-7,9-10H,3-4,8H2,1-2H3,(H,17,21)(H,19,20). The van der Waals surface area contributed by atoms with E-state index in [1.165, 1.54) is 12.1 Å². The van der Waals surface area contributed by atoms with Crippen molar-refractivity contribution in [3.05, 3.63) is 29.6 Å². The molecule has 0 heterocycles. The fourth-order valence-electron chi connectivity index (χ4n) is 2.04. The number of anilines is 1. The molecule has 6 heteroatoms. The highest BCUT2D eigenvalue weighted by atomic mass is 19.1. The van der Waals surface area contributed by atoms with Gasteiger partial charge in [-0.25, -0.2) is 14.0 Å². The number of carbonyl (C=O) groups is 2. The number of nitrogens with one attached hydrogen (secondary N) is 1. The van der Waals surface area contributed by atoms with E-state index in [2.05, 4.69) is 5.32 Å². The molecule has 5 nitrogen and oxygen atoms in total. The van der Waals surface area contributed by atoms with Crippen LogP contribution in [-0.4, -0.2) is 34.6 Å². The van der Waals surface area contributed by atoms with Gasteiger partial charge in [-0.3, -0.25) is 0 Å². The van der Waals surface area contributed by atoms with E-state index in [4.69, 9.17) is 5.11 Å². The van der Waals surface area contributed by atoms with E-state index in [0.29, 0.717) is 12.5 Å². The lowest BCUT2D eigenvalue weighted by Crippen LogP contribution is -2.41. The predicted octanol–water partition coefficient (Wildman–Crippen LogP) is 3.18. The number of carbonyl (C=O) groups excluding carboxylic acids is 1. The summed E-state index contributed by atoms with van der Waals surface area (Å²) in [5, 5.41) is 11.3. The van der Waals surface area contributed by atoms with Gasteiger partial charge in [-0.15, -0.1) is 0 Å². The molecule has 0 aromatic heterocycles. The lowest BCUT2D eigenvalue weighted by Gasteiger charge is -2.27. The van der Waals surface area contributed by atoms with Gasteiger partial charge in [0.25, 0.3) is 0 Å². The maximum Gasteiger partial charge on any atom is 0.335 e. The van der Waals surface area contributed by atoms with E-state index in [1.807, 2.05) is 13.8 Å². The van der Waals surface area contributed by atoms with Crippen molar-refractivity contribution >= 4 is 17.7 Å². The summed E-state index contributed by atoms with van der Waals surface area (Å²) in [5.41, 5.74) is -0.157. The molecule has 1 aromatic carbocycles. The Morgan fingerprint density at radius 2 is 2.10 bits per heavy atom. The fourth-order valence-corrected chi connectivity index (χ4v) is 2.04. The molecular weight excluding hydrogens is 275 g/mol. The Morgan fingerprint density at radius 3 is 2.57 bits per heavy atom. The number of hydrogen-bond acceptors (Lipinski definition) is 2. The number of amides is 2. The molecule has 21 heavy (non-hydrogen) atoms. The molecule has 1 fully saturated rings. The van der Waals surface area contributed by atoms with Gasteiger partial charge in [0.1, 0.15) is 5.82 Å². The lowest BCUT2D eigenvalue weighted by molar-refractivity contribution is 0.0696. The van der Waals surface area contributed by atoms with Crippen molar-refractivity contribution in [2.75, 3.05) is 11.9 Å². The summed E-state index contributed by atoms with van der Waals surface area (Å²) < 4.78 is 13.8. The number of urea groups is 1. The largest absolute Gasteiger partial charge is 0.478 e. The third-order valence-electron chi connectivity index (χ3n) is 3.49. The summed E-state index contributed by atoms with van der Waals surface area (Å²) in [6, 6.07) is 3.10. The predicted molar refractivity (Wildman–Crippen MR) is 76.9 cm³/mol. The molecule has 0 unspecified atom stereocenters. The summed E-state index contributed by atoms with van der Waals surface area (Å²) in [4.78, 5) is 24.6. The van der Waals surface area contributed by atoms with Crippen molar-refractivity contribution in [3.63, 3.8) is 0 Å². The van der Waals surface area contributed by atoms with Crippen LogP contribution in [0.4, 0.5) is 14.9 Å². The molecular formula is C15H19FN2O3. The number of rotatable bonds is 5. The topological polar surface area (TPSA) is 69.6 Å². The van der Waals surface area contributed by atoms with Gasteiger partial charge in [-0.05, 0) is 50.8 Å². The van der Waals surface area contributed by atoms with E-state index < -0.39 is 11.8 Å². The molecule has 2 N–H and O–H groups in total. The van der Waals surface area contributed by atoms with Crippen LogP contribution in [0.15, 0.2) is 18.2 Å². The summed E-state index contributed by atoms with van der Waals surface area (Å²) in [6.45, 7) is 4.48. The molecule has 1 aliphatic rings. The first-order valence-electron chi connectivity index (χ1n) is 6.99. The number of nitrogens with zero attached hydrogens (tertiary/aromatic N) is 1. The zero-order valence-electron chi connectivity index (χ0n) is 12.1. The van der Waals surface area contributed by atoms with E-state index in [9.17, 15) is 14.0 Å².